The summed E-state index contributed by atoms with van der Waals surface area (Å²) in [7, 11) is 0. The van der Waals surface area contributed by atoms with Gasteiger partial charge in [0.25, 0.3) is 0 Å². The fraction of sp³-hybridized carbons (Fsp3) is 0.185. The zero-order valence-corrected chi connectivity index (χ0v) is 19.8. The summed E-state index contributed by atoms with van der Waals surface area (Å²) in [4.78, 5) is 56.3. The van der Waals surface area contributed by atoms with Gasteiger partial charge in [0.2, 0.25) is 29.0 Å². The predicted molar refractivity (Wildman–Crippen MR) is 129 cm³/mol. The molecule has 0 bridgehead atoms. The summed E-state index contributed by atoms with van der Waals surface area (Å²) in [5.41, 5.74) is -0.0494. The van der Waals surface area contributed by atoms with Crippen LogP contribution in [0.1, 0.15) is 37.9 Å². The van der Waals surface area contributed by atoms with Crippen LogP contribution in [0.4, 0.5) is 5.69 Å². The molecule has 3 aromatic carbocycles. The monoisotopic (exact) mass is 505 g/mol. The Morgan fingerprint density at radius 2 is 1.43 bits per heavy atom. The molecule has 3 unspecified atom stereocenters. The molecule has 0 saturated carbocycles. The maximum Gasteiger partial charge on any atom is 0.241 e. The van der Waals surface area contributed by atoms with E-state index in [1.165, 1.54) is 18.2 Å². The Hall–Kier alpha value is -3.32. The molecule has 2 aliphatic heterocycles. The largest absolute Gasteiger partial charge is 0.349 e. The van der Waals surface area contributed by atoms with Crippen molar-refractivity contribution in [3.63, 3.8) is 0 Å². The Morgan fingerprint density at radius 3 is 2.06 bits per heavy atom. The van der Waals surface area contributed by atoms with Crippen LogP contribution in [0.3, 0.4) is 0 Å². The van der Waals surface area contributed by atoms with E-state index in [4.69, 9.17) is 27.9 Å². The average molecular weight is 506 g/mol. The maximum atomic E-state index is 13.9. The number of aryl methyl sites for hydroxylation is 1. The number of benzene rings is 3. The number of nitrogens with zero attached hydrogens (tertiary/aromatic N) is 1. The molecule has 1 spiro atoms. The standard InChI is InChI=1S/C27H17Cl2NO5/c1-13-6-2-3-7-15(13)22-20-21(26(34)30(25(20)33)14-10-11-18(28)19(29)12-14)27(35-22)23(31)16-8-4-5-9-17(16)24(27)32/h2-12,20-22H,1H3. The minimum atomic E-state index is -2.11. The molecule has 3 aromatic rings. The highest BCUT2D eigenvalue weighted by molar-refractivity contribution is 6.42. The van der Waals surface area contributed by atoms with Gasteiger partial charge in [-0.2, -0.15) is 0 Å². The number of rotatable bonds is 2. The number of imide groups is 1. The van der Waals surface area contributed by atoms with Gasteiger partial charge >= 0.3 is 0 Å². The zero-order valence-electron chi connectivity index (χ0n) is 18.3. The minimum Gasteiger partial charge on any atom is -0.349 e. The first-order valence-electron chi connectivity index (χ1n) is 11.0. The smallest absolute Gasteiger partial charge is 0.241 e. The third kappa shape index (κ3) is 2.82. The second-order valence-electron chi connectivity index (χ2n) is 8.95. The molecule has 1 aliphatic carbocycles. The molecule has 0 aromatic heterocycles. The summed E-state index contributed by atoms with van der Waals surface area (Å²) in [6.45, 7) is 1.85. The van der Waals surface area contributed by atoms with Crippen molar-refractivity contribution in [1.82, 2.24) is 0 Å². The van der Waals surface area contributed by atoms with Crippen molar-refractivity contribution in [2.24, 2.45) is 11.8 Å². The molecule has 2 saturated heterocycles. The van der Waals surface area contributed by atoms with Gasteiger partial charge in [-0.15, -0.1) is 0 Å². The third-order valence-corrected chi connectivity index (χ3v) is 7.91. The lowest BCUT2D eigenvalue weighted by Gasteiger charge is -2.27. The van der Waals surface area contributed by atoms with Gasteiger partial charge in [-0.3, -0.25) is 19.2 Å². The van der Waals surface area contributed by atoms with Gasteiger partial charge in [-0.05, 0) is 36.2 Å². The van der Waals surface area contributed by atoms with E-state index < -0.39 is 46.9 Å². The summed E-state index contributed by atoms with van der Waals surface area (Å²) in [6, 6.07) is 18.1. The van der Waals surface area contributed by atoms with Crippen molar-refractivity contribution in [3.8, 4) is 0 Å². The Labute approximate surface area is 210 Å². The Kier molecular flexibility index (Phi) is 4.81. The summed E-state index contributed by atoms with van der Waals surface area (Å²) < 4.78 is 6.30. The molecule has 6 nitrogen and oxygen atoms in total. The van der Waals surface area contributed by atoms with Crippen molar-refractivity contribution in [3.05, 3.63) is 99.0 Å². The SMILES string of the molecule is Cc1ccccc1C1OC2(C(=O)c3ccccc3C2=O)C2C(=O)N(c3ccc(Cl)c(Cl)c3)C(=O)C12. The van der Waals surface area contributed by atoms with E-state index in [1.54, 1.807) is 36.4 Å². The Bertz CT molecular complexity index is 1450. The Balaban J connectivity index is 1.56. The van der Waals surface area contributed by atoms with Crippen LogP contribution >= 0.6 is 23.2 Å². The van der Waals surface area contributed by atoms with Gasteiger partial charge in [0, 0.05) is 11.1 Å². The van der Waals surface area contributed by atoms with Gasteiger partial charge in [-0.1, -0.05) is 71.7 Å². The van der Waals surface area contributed by atoms with Crippen molar-refractivity contribution in [1.29, 1.82) is 0 Å². The first-order chi connectivity index (χ1) is 16.8. The highest BCUT2D eigenvalue weighted by atomic mass is 35.5. The molecule has 8 heteroatoms. The minimum absolute atomic E-state index is 0.170. The number of ether oxygens (including phenoxy) is 1. The molecule has 6 rings (SSSR count). The number of anilines is 1. The van der Waals surface area contributed by atoms with E-state index in [0.717, 1.165) is 10.5 Å². The maximum absolute atomic E-state index is 13.9. The molecule has 3 atom stereocenters. The van der Waals surface area contributed by atoms with Crippen LogP contribution in [0.15, 0.2) is 66.7 Å². The number of ketones is 2. The van der Waals surface area contributed by atoms with E-state index in [-0.39, 0.29) is 26.9 Å². The van der Waals surface area contributed by atoms with Crippen LogP contribution in [0.25, 0.3) is 0 Å². The first-order valence-corrected chi connectivity index (χ1v) is 11.8. The number of carbonyl (C=O) groups excluding carboxylic acids is 4. The number of carbonyl (C=O) groups is 4. The van der Waals surface area contributed by atoms with Crippen LogP contribution in [-0.4, -0.2) is 29.0 Å². The molecular weight excluding hydrogens is 489 g/mol. The molecular formula is C27H17Cl2NO5. The summed E-state index contributed by atoms with van der Waals surface area (Å²) >= 11 is 12.2. The van der Waals surface area contributed by atoms with E-state index in [1.807, 2.05) is 19.1 Å². The fourth-order valence-electron chi connectivity index (χ4n) is 5.58. The van der Waals surface area contributed by atoms with E-state index >= 15 is 0 Å². The van der Waals surface area contributed by atoms with Crippen molar-refractivity contribution in [2.75, 3.05) is 4.90 Å². The second-order valence-corrected chi connectivity index (χ2v) is 9.76. The van der Waals surface area contributed by atoms with Crippen molar-refractivity contribution < 1.29 is 23.9 Å². The van der Waals surface area contributed by atoms with Gasteiger partial charge in [0.1, 0.15) is 0 Å². The molecule has 174 valence electrons. The second kappa shape index (κ2) is 7.59. The van der Waals surface area contributed by atoms with Crippen molar-refractivity contribution >= 4 is 52.3 Å². The molecule has 2 fully saturated rings. The average Bonchev–Trinajstić information content (AvgIpc) is 3.41. The molecule has 0 N–H and O–H groups in total. The fourth-order valence-corrected chi connectivity index (χ4v) is 5.88. The summed E-state index contributed by atoms with van der Waals surface area (Å²) in [6.07, 6.45) is -0.965. The molecule has 0 radical (unpaired) electrons. The lowest BCUT2D eigenvalue weighted by molar-refractivity contribution is -0.127. The van der Waals surface area contributed by atoms with E-state index in [9.17, 15) is 19.2 Å². The Morgan fingerprint density at radius 1 is 0.800 bits per heavy atom. The van der Waals surface area contributed by atoms with E-state index in [2.05, 4.69) is 0 Å². The normalized spacial score (nSPS) is 24.4. The predicted octanol–water partition coefficient (Wildman–Crippen LogP) is 5.00. The van der Waals surface area contributed by atoms with Crippen LogP contribution in [0.2, 0.25) is 10.0 Å². The highest BCUT2D eigenvalue weighted by Gasteiger charge is 2.74. The first kappa shape index (κ1) is 22.2. The zero-order chi connectivity index (χ0) is 24.6. The number of Topliss-reactive ketones (excluding diaryl/α,β-unsaturated/α-hetero) is 2. The summed E-state index contributed by atoms with van der Waals surface area (Å²) in [5, 5.41) is 0.438. The number of halogens is 2. The molecule has 2 amide bonds. The highest BCUT2D eigenvalue weighted by Crippen LogP contribution is 2.58. The lowest BCUT2D eigenvalue weighted by Crippen LogP contribution is -2.51. The number of amides is 2. The number of hydrogen-bond acceptors (Lipinski definition) is 5. The van der Waals surface area contributed by atoms with Crippen LogP contribution < -0.4 is 4.90 Å². The van der Waals surface area contributed by atoms with Crippen LogP contribution in [0, 0.1) is 18.8 Å². The summed E-state index contributed by atoms with van der Waals surface area (Å²) in [5.74, 6) is -4.81. The quantitative estimate of drug-likeness (QED) is 0.361. The van der Waals surface area contributed by atoms with E-state index in [0.29, 0.717) is 5.56 Å². The molecule has 2 heterocycles. The number of hydrogen-bond donors (Lipinski definition) is 0. The van der Waals surface area contributed by atoms with Gasteiger partial charge < -0.3 is 4.74 Å². The van der Waals surface area contributed by atoms with Crippen molar-refractivity contribution in [2.45, 2.75) is 18.6 Å². The molecule has 3 aliphatic rings. The van der Waals surface area contributed by atoms with Crippen LogP contribution in [0.5, 0.6) is 0 Å². The van der Waals surface area contributed by atoms with Gasteiger partial charge in [0.15, 0.2) is 0 Å². The lowest BCUT2D eigenvalue weighted by atomic mass is 9.77. The third-order valence-electron chi connectivity index (χ3n) is 7.18. The van der Waals surface area contributed by atoms with Gasteiger partial charge in [-0.25, -0.2) is 4.90 Å². The van der Waals surface area contributed by atoms with Gasteiger partial charge in [0.05, 0.1) is 33.7 Å². The topological polar surface area (TPSA) is 80.8 Å². The number of fused-ring (bicyclic) bond motifs is 3. The van der Waals surface area contributed by atoms with Crippen LogP contribution in [-0.2, 0) is 14.3 Å². The molecule has 35 heavy (non-hydrogen) atoms.